The summed E-state index contributed by atoms with van der Waals surface area (Å²) in [5.41, 5.74) is 1.94. The minimum atomic E-state index is -0.523. The van der Waals surface area contributed by atoms with Gasteiger partial charge in [-0.05, 0) is 0 Å². The SMILES string of the molecule is CO[C@H]1OC2COC(c3ccccc3)O[C@H]2C2OC(c3ccccc3)OC21. The minimum absolute atomic E-state index is 0.269. The molecule has 0 radical (unpaired) electrons. The maximum Gasteiger partial charge on any atom is 0.186 e. The Hall–Kier alpha value is -1.80. The van der Waals surface area contributed by atoms with Gasteiger partial charge in [-0.25, -0.2) is 0 Å². The first-order valence-electron chi connectivity index (χ1n) is 9.19. The van der Waals surface area contributed by atoms with Gasteiger partial charge in [0.05, 0.1) is 6.61 Å². The lowest BCUT2D eigenvalue weighted by molar-refractivity contribution is -0.343. The van der Waals surface area contributed by atoms with Gasteiger partial charge in [0.25, 0.3) is 0 Å². The maximum atomic E-state index is 6.27. The van der Waals surface area contributed by atoms with Crippen LogP contribution in [0.2, 0.25) is 0 Å². The molecule has 0 aliphatic carbocycles. The van der Waals surface area contributed by atoms with Crippen LogP contribution in [0.1, 0.15) is 23.7 Å². The van der Waals surface area contributed by atoms with Crippen LogP contribution in [0, 0.1) is 0 Å². The predicted octanol–water partition coefficient (Wildman–Crippen LogP) is 2.95. The average Bonchev–Trinajstić information content (AvgIpc) is 3.20. The molecular formula is C21H22O6. The molecule has 3 fully saturated rings. The van der Waals surface area contributed by atoms with Crippen LogP contribution < -0.4 is 0 Å². The normalized spacial score (nSPS) is 38.2. The van der Waals surface area contributed by atoms with Crippen molar-refractivity contribution in [2.24, 2.45) is 0 Å². The van der Waals surface area contributed by atoms with Crippen LogP contribution in [0.5, 0.6) is 0 Å². The summed E-state index contributed by atoms with van der Waals surface area (Å²) < 4.78 is 36.1. The van der Waals surface area contributed by atoms with Gasteiger partial charge in [0.2, 0.25) is 0 Å². The fraction of sp³-hybridized carbons (Fsp3) is 0.429. The van der Waals surface area contributed by atoms with Crippen LogP contribution in [0.4, 0.5) is 0 Å². The second kappa shape index (κ2) is 7.31. The van der Waals surface area contributed by atoms with Crippen molar-refractivity contribution in [3.05, 3.63) is 71.8 Å². The Bertz CT molecular complexity index is 754. The molecule has 0 aromatic heterocycles. The molecule has 2 aromatic carbocycles. The van der Waals surface area contributed by atoms with Gasteiger partial charge in [-0.1, -0.05) is 60.7 Å². The number of ether oxygens (including phenoxy) is 6. The summed E-state index contributed by atoms with van der Waals surface area (Å²) in [6.07, 6.45) is -2.67. The van der Waals surface area contributed by atoms with Gasteiger partial charge in [0.1, 0.15) is 24.4 Å². The summed E-state index contributed by atoms with van der Waals surface area (Å²) in [6, 6.07) is 19.8. The van der Waals surface area contributed by atoms with E-state index < -0.39 is 18.9 Å². The van der Waals surface area contributed by atoms with E-state index in [4.69, 9.17) is 28.4 Å². The summed E-state index contributed by atoms with van der Waals surface area (Å²) in [6.45, 7) is 0.409. The van der Waals surface area contributed by atoms with E-state index in [1.165, 1.54) is 0 Å². The van der Waals surface area contributed by atoms with E-state index in [2.05, 4.69) is 0 Å². The summed E-state index contributed by atoms with van der Waals surface area (Å²) >= 11 is 0. The maximum absolute atomic E-state index is 6.27. The smallest absolute Gasteiger partial charge is 0.186 e. The number of methoxy groups -OCH3 is 1. The van der Waals surface area contributed by atoms with E-state index in [0.717, 1.165) is 11.1 Å². The lowest BCUT2D eigenvalue weighted by atomic mass is 9.98. The quantitative estimate of drug-likeness (QED) is 0.828. The van der Waals surface area contributed by atoms with Gasteiger partial charge in [-0.2, -0.15) is 0 Å². The molecular weight excluding hydrogens is 348 g/mol. The molecule has 0 bridgehead atoms. The molecule has 3 heterocycles. The number of hydrogen-bond acceptors (Lipinski definition) is 6. The minimum Gasteiger partial charge on any atom is -0.353 e. The molecule has 0 amide bonds. The Balaban J connectivity index is 1.39. The molecule has 3 aliphatic rings. The number of rotatable bonds is 3. The monoisotopic (exact) mass is 370 g/mol. The fourth-order valence-corrected chi connectivity index (χ4v) is 3.90. The van der Waals surface area contributed by atoms with E-state index >= 15 is 0 Å². The van der Waals surface area contributed by atoms with Gasteiger partial charge in [-0.15, -0.1) is 0 Å². The predicted molar refractivity (Wildman–Crippen MR) is 94.6 cm³/mol. The van der Waals surface area contributed by atoms with E-state index in [9.17, 15) is 0 Å². The fourth-order valence-electron chi connectivity index (χ4n) is 3.90. The topological polar surface area (TPSA) is 55.4 Å². The van der Waals surface area contributed by atoms with E-state index in [0.29, 0.717) is 6.61 Å². The van der Waals surface area contributed by atoms with Crippen LogP contribution in [0.25, 0.3) is 0 Å². The van der Waals surface area contributed by atoms with E-state index in [-0.39, 0.29) is 24.4 Å². The second-order valence-electron chi connectivity index (χ2n) is 6.90. The van der Waals surface area contributed by atoms with E-state index in [1.807, 2.05) is 60.7 Å². The van der Waals surface area contributed by atoms with Crippen molar-refractivity contribution in [1.29, 1.82) is 0 Å². The Kier molecular flexibility index (Phi) is 4.69. The molecule has 0 saturated carbocycles. The van der Waals surface area contributed by atoms with Crippen molar-refractivity contribution in [3.8, 4) is 0 Å². The molecule has 7 atom stereocenters. The zero-order valence-corrected chi connectivity index (χ0v) is 15.0. The third kappa shape index (κ3) is 3.18. The highest BCUT2D eigenvalue weighted by Gasteiger charge is 2.56. The second-order valence-corrected chi connectivity index (χ2v) is 6.90. The molecule has 27 heavy (non-hydrogen) atoms. The third-order valence-electron chi connectivity index (χ3n) is 5.22. The lowest BCUT2D eigenvalue weighted by Crippen LogP contribution is -2.61. The van der Waals surface area contributed by atoms with Crippen LogP contribution in [-0.4, -0.2) is 44.4 Å². The molecule has 5 rings (SSSR count). The highest BCUT2D eigenvalue weighted by Crippen LogP contribution is 2.43. The molecule has 0 N–H and O–H groups in total. The van der Waals surface area contributed by atoms with Crippen LogP contribution in [0.3, 0.4) is 0 Å². The molecule has 5 unspecified atom stereocenters. The molecule has 6 heteroatoms. The lowest BCUT2D eigenvalue weighted by Gasteiger charge is -2.45. The Morgan fingerprint density at radius 1 is 0.704 bits per heavy atom. The third-order valence-corrected chi connectivity index (χ3v) is 5.22. The first-order valence-corrected chi connectivity index (χ1v) is 9.19. The standard InChI is InChI=1S/C21H22O6/c1-22-21-18-17(26-20(27-18)14-10-6-3-7-11-14)16-15(24-21)12-23-19(25-16)13-8-4-2-5-9-13/h2-11,15-21H,12H2,1H3/t15?,16-,17?,18?,19?,20?,21+/m1/s1. The molecule has 6 nitrogen and oxygen atoms in total. The largest absolute Gasteiger partial charge is 0.353 e. The van der Waals surface area contributed by atoms with Crippen molar-refractivity contribution >= 4 is 0 Å². The van der Waals surface area contributed by atoms with Crippen LogP contribution in [-0.2, 0) is 28.4 Å². The van der Waals surface area contributed by atoms with Gasteiger partial charge in [0.15, 0.2) is 18.9 Å². The van der Waals surface area contributed by atoms with Crippen molar-refractivity contribution in [2.45, 2.75) is 43.3 Å². The summed E-state index contributed by atoms with van der Waals surface area (Å²) in [4.78, 5) is 0. The Labute approximate surface area is 157 Å². The zero-order valence-electron chi connectivity index (χ0n) is 15.0. The first kappa shape index (κ1) is 17.3. The van der Waals surface area contributed by atoms with Gasteiger partial charge in [0, 0.05) is 18.2 Å². The Morgan fingerprint density at radius 3 is 1.96 bits per heavy atom. The molecule has 3 saturated heterocycles. The number of fused-ring (bicyclic) bond motifs is 3. The van der Waals surface area contributed by atoms with Crippen molar-refractivity contribution in [2.75, 3.05) is 13.7 Å². The number of hydrogen-bond donors (Lipinski definition) is 0. The molecule has 142 valence electrons. The van der Waals surface area contributed by atoms with Crippen LogP contribution in [0.15, 0.2) is 60.7 Å². The molecule has 0 spiro atoms. The van der Waals surface area contributed by atoms with Gasteiger partial charge >= 0.3 is 0 Å². The summed E-state index contributed by atoms with van der Waals surface area (Å²) in [7, 11) is 1.61. The first-order chi connectivity index (χ1) is 13.3. The molecule has 3 aliphatic heterocycles. The number of benzene rings is 2. The van der Waals surface area contributed by atoms with Crippen molar-refractivity contribution < 1.29 is 28.4 Å². The summed E-state index contributed by atoms with van der Waals surface area (Å²) in [5, 5.41) is 0. The van der Waals surface area contributed by atoms with Gasteiger partial charge in [-0.3, -0.25) is 0 Å². The summed E-state index contributed by atoms with van der Waals surface area (Å²) in [5.74, 6) is 0. The molecule has 2 aromatic rings. The van der Waals surface area contributed by atoms with Gasteiger partial charge < -0.3 is 28.4 Å². The average molecular weight is 370 g/mol. The highest BCUT2D eigenvalue weighted by molar-refractivity contribution is 5.18. The highest BCUT2D eigenvalue weighted by atomic mass is 16.8. The van der Waals surface area contributed by atoms with Crippen molar-refractivity contribution in [3.63, 3.8) is 0 Å². The zero-order chi connectivity index (χ0) is 18.2. The van der Waals surface area contributed by atoms with Crippen molar-refractivity contribution in [1.82, 2.24) is 0 Å². The van der Waals surface area contributed by atoms with Crippen LogP contribution >= 0.6 is 0 Å². The van der Waals surface area contributed by atoms with E-state index in [1.54, 1.807) is 7.11 Å². The Morgan fingerprint density at radius 2 is 1.30 bits per heavy atom.